The number of benzene rings is 2. The number of nitrogens with one attached hydrogen (secondary N) is 2. The molecule has 116 valence electrons. The molecule has 22 heavy (non-hydrogen) atoms. The van der Waals surface area contributed by atoms with Gasteiger partial charge in [-0.25, -0.2) is 9.38 Å². The van der Waals surface area contributed by atoms with E-state index in [4.69, 9.17) is 0 Å². The molecule has 2 rings (SSSR count). The summed E-state index contributed by atoms with van der Waals surface area (Å²) in [5, 5.41) is 6.53. The second-order valence-electron chi connectivity index (χ2n) is 4.98. The van der Waals surface area contributed by atoms with Gasteiger partial charge >= 0.3 is 0 Å². The van der Waals surface area contributed by atoms with Crippen molar-refractivity contribution in [1.29, 1.82) is 0 Å². The Balaban J connectivity index is 1.85. The molecule has 0 bridgehead atoms. The minimum absolute atomic E-state index is 0.222. The molecular formula is C18H22FN3. The maximum absolute atomic E-state index is 12.9. The molecule has 0 amide bonds. The fourth-order valence-electron chi connectivity index (χ4n) is 2.07. The largest absolute Gasteiger partial charge is 0.357 e. The van der Waals surface area contributed by atoms with Gasteiger partial charge in [-0.1, -0.05) is 42.5 Å². The molecule has 0 radical (unpaired) electrons. The van der Waals surface area contributed by atoms with Gasteiger partial charge in [0.25, 0.3) is 0 Å². The minimum atomic E-state index is -0.222. The zero-order chi connectivity index (χ0) is 15.6. The van der Waals surface area contributed by atoms with Crippen LogP contribution in [0.1, 0.15) is 18.1 Å². The first-order valence-electron chi connectivity index (χ1n) is 7.58. The Morgan fingerprint density at radius 2 is 1.68 bits per heavy atom. The van der Waals surface area contributed by atoms with Gasteiger partial charge in [0.05, 0.1) is 6.54 Å². The van der Waals surface area contributed by atoms with Crippen LogP contribution in [0.4, 0.5) is 4.39 Å². The molecule has 4 heteroatoms. The third-order valence-corrected chi connectivity index (χ3v) is 3.23. The monoisotopic (exact) mass is 299 g/mol. The van der Waals surface area contributed by atoms with Gasteiger partial charge in [0, 0.05) is 13.1 Å². The Labute approximate surface area is 131 Å². The zero-order valence-electron chi connectivity index (χ0n) is 12.8. The fraction of sp³-hybridized carbons (Fsp3) is 0.278. The third kappa shape index (κ3) is 5.56. The number of guanidine groups is 1. The van der Waals surface area contributed by atoms with Crippen molar-refractivity contribution in [2.24, 2.45) is 4.99 Å². The van der Waals surface area contributed by atoms with Gasteiger partial charge < -0.3 is 10.6 Å². The summed E-state index contributed by atoms with van der Waals surface area (Å²) in [6.07, 6.45) is 0.946. The van der Waals surface area contributed by atoms with Crippen LogP contribution >= 0.6 is 0 Å². The van der Waals surface area contributed by atoms with Crippen molar-refractivity contribution in [3.8, 4) is 0 Å². The summed E-state index contributed by atoms with van der Waals surface area (Å²) in [7, 11) is 0. The van der Waals surface area contributed by atoms with Gasteiger partial charge in [-0.2, -0.15) is 0 Å². The summed E-state index contributed by atoms with van der Waals surface area (Å²) in [6.45, 7) is 4.19. The van der Waals surface area contributed by atoms with E-state index in [0.717, 1.165) is 31.0 Å². The van der Waals surface area contributed by atoms with Gasteiger partial charge in [0.1, 0.15) is 5.82 Å². The van der Waals surface area contributed by atoms with E-state index in [0.29, 0.717) is 6.54 Å². The summed E-state index contributed by atoms with van der Waals surface area (Å²) < 4.78 is 12.9. The Morgan fingerprint density at radius 1 is 0.955 bits per heavy atom. The highest BCUT2D eigenvalue weighted by Gasteiger charge is 1.98. The lowest BCUT2D eigenvalue weighted by atomic mass is 10.1. The smallest absolute Gasteiger partial charge is 0.191 e. The summed E-state index contributed by atoms with van der Waals surface area (Å²) >= 11 is 0. The number of aliphatic imine (C=N–C) groups is 1. The fourth-order valence-corrected chi connectivity index (χ4v) is 2.07. The van der Waals surface area contributed by atoms with E-state index < -0.39 is 0 Å². The summed E-state index contributed by atoms with van der Waals surface area (Å²) in [6, 6.07) is 16.8. The molecular weight excluding hydrogens is 277 g/mol. The van der Waals surface area contributed by atoms with Gasteiger partial charge in [0.15, 0.2) is 5.96 Å². The maximum atomic E-state index is 12.9. The van der Waals surface area contributed by atoms with Crippen molar-refractivity contribution >= 4 is 5.96 Å². The molecule has 3 nitrogen and oxygen atoms in total. The molecule has 0 aliphatic rings. The predicted octanol–water partition coefficient (Wildman–Crippen LogP) is 3.12. The maximum Gasteiger partial charge on any atom is 0.191 e. The lowest BCUT2D eigenvalue weighted by Gasteiger charge is -2.11. The predicted molar refractivity (Wildman–Crippen MR) is 89.4 cm³/mol. The Bertz CT molecular complexity index is 579. The molecule has 0 atom stereocenters. The molecule has 0 unspecified atom stereocenters. The van der Waals surface area contributed by atoms with Crippen molar-refractivity contribution in [2.75, 3.05) is 13.1 Å². The molecule has 2 N–H and O–H groups in total. The third-order valence-electron chi connectivity index (χ3n) is 3.23. The van der Waals surface area contributed by atoms with Crippen LogP contribution in [-0.4, -0.2) is 19.0 Å². The van der Waals surface area contributed by atoms with E-state index in [2.05, 4.69) is 27.8 Å². The van der Waals surface area contributed by atoms with Crippen LogP contribution in [0.3, 0.4) is 0 Å². The topological polar surface area (TPSA) is 36.4 Å². The Kier molecular flexibility index (Phi) is 6.42. The van der Waals surface area contributed by atoms with Crippen LogP contribution in [0.2, 0.25) is 0 Å². The summed E-state index contributed by atoms with van der Waals surface area (Å²) in [5.41, 5.74) is 2.28. The molecule has 0 aliphatic carbocycles. The SMILES string of the molecule is CCNC(=NCc1ccc(F)cc1)NCCc1ccccc1. The van der Waals surface area contributed by atoms with Crippen LogP contribution in [0.15, 0.2) is 59.6 Å². The minimum Gasteiger partial charge on any atom is -0.357 e. The first-order chi connectivity index (χ1) is 10.8. The van der Waals surface area contributed by atoms with Crippen molar-refractivity contribution < 1.29 is 4.39 Å². The van der Waals surface area contributed by atoms with E-state index in [1.807, 2.05) is 25.1 Å². The number of rotatable bonds is 6. The second kappa shape index (κ2) is 8.82. The average molecular weight is 299 g/mol. The van der Waals surface area contributed by atoms with E-state index in [1.54, 1.807) is 12.1 Å². The van der Waals surface area contributed by atoms with E-state index in [9.17, 15) is 4.39 Å². The zero-order valence-corrected chi connectivity index (χ0v) is 12.8. The van der Waals surface area contributed by atoms with Crippen LogP contribution in [-0.2, 0) is 13.0 Å². The van der Waals surface area contributed by atoms with Crippen LogP contribution < -0.4 is 10.6 Å². The first kappa shape index (κ1) is 16.0. The number of hydrogen-bond donors (Lipinski definition) is 2. The summed E-state index contributed by atoms with van der Waals surface area (Å²) in [4.78, 5) is 4.52. The van der Waals surface area contributed by atoms with Crippen molar-refractivity contribution in [3.63, 3.8) is 0 Å². The average Bonchev–Trinajstić information content (AvgIpc) is 2.55. The number of hydrogen-bond acceptors (Lipinski definition) is 1. The van der Waals surface area contributed by atoms with Crippen LogP contribution in [0, 0.1) is 5.82 Å². The van der Waals surface area contributed by atoms with E-state index >= 15 is 0 Å². The molecule has 0 heterocycles. The molecule has 0 aromatic heterocycles. The lowest BCUT2D eigenvalue weighted by Crippen LogP contribution is -2.38. The van der Waals surface area contributed by atoms with Gasteiger partial charge in [-0.15, -0.1) is 0 Å². The van der Waals surface area contributed by atoms with Crippen molar-refractivity contribution in [2.45, 2.75) is 19.9 Å². The molecule has 0 aliphatic heterocycles. The molecule has 0 fully saturated rings. The van der Waals surface area contributed by atoms with E-state index in [1.165, 1.54) is 17.7 Å². The van der Waals surface area contributed by atoms with Crippen LogP contribution in [0.25, 0.3) is 0 Å². The molecule has 0 saturated heterocycles. The first-order valence-corrected chi connectivity index (χ1v) is 7.58. The lowest BCUT2D eigenvalue weighted by molar-refractivity contribution is 0.627. The van der Waals surface area contributed by atoms with Gasteiger partial charge in [-0.05, 0) is 36.6 Å². The second-order valence-corrected chi connectivity index (χ2v) is 4.98. The van der Waals surface area contributed by atoms with Crippen LogP contribution in [0.5, 0.6) is 0 Å². The summed E-state index contributed by atoms with van der Waals surface area (Å²) in [5.74, 6) is 0.559. The number of halogens is 1. The van der Waals surface area contributed by atoms with Crippen molar-refractivity contribution in [3.05, 3.63) is 71.5 Å². The molecule has 2 aromatic rings. The normalized spacial score (nSPS) is 11.3. The Hall–Kier alpha value is -2.36. The standard InChI is InChI=1S/C18H22FN3/c1-2-20-18(21-13-12-15-6-4-3-5-7-15)22-14-16-8-10-17(19)11-9-16/h3-11H,2,12-14H2,1H3,(H2,20,21,22). The van der Waals surface area contributed by atoms with Gasteiger partial charge in [0.2, 0.25) is 0 Å². The quantitative estimate of drug-likeness (QED) is 0.635. The highest BCUT2D eigenvalue weighted by atomic mass is 19.1. The molecule has 0 saturated carbocycles. The van der Waals surface area contributed by atoms with Crippen molar-refractivity contribution in [1.82, 2.24) is 10.6 Å². The van der Waals surface area contributed by atoms with E-state index in [-0.39, 0.29) is 5.82 Å². The Morgan fingerprint density at radius 3 is 2.36 bits per heavy atom. The molecule has 2 aromatic carbocycles. The van der Waals surface area contributed by atoms with Gasteiger partial charge in [-0.3, -0.25) is 0 Å². The number of nitrogens with zero attached hydrogens (tertiary/aromatic N) is 1. The molecule has 0 spiro atoms. The highest BCUT2D eigenvalue weighted by Crippen LogP contribution is 2.04. The highest BCUT2D eigenvalue weighted by molar-refractivity contribution is 5.79.